The van der Waals surface area contributed by atoms with E-state index in [1.54, 1.807) is 46.9 Å². The predicted molar refractivity (Wildman–Crippen MR) is 417 cm³/mol. The Kier molecular flexibility index (Phi) is 12.6. The minimum atomic E-state index is -3.00. The topological polar surface area (TPSA) is 158 Å². The second kappa shape index (κ2) is 22.0. The van der Waals surface area contributed by atoms with Gasteiger partial charge in [0.15, 0.2) is 8.07 Å². The van der Waals surface area contributed by atoms with Gasteiger partial charge >= 0.3 is 0 Å². The van der Waals surface area contributed by atoms with E-state index in [4.69, 9.17) is 0 Å². The quantitative estimate of drug-likeness (QED) is 0.145. The van der Waals surface area contributed by atoms with Crippen molar-refractivity contribution in [3.63, 3.8) is 0 Å². The van der Waals surface area contributed by atoms with E-state index >= 15 is 0 Å². The summed E-state index contributed by atoms with van der Waals surface area (Å²) < 4.78 is 10.9. The largest absolute Gasteiger partial charge is 0.309 e. The second-order valence-corrected chi connectivity index (χ2v) is 32.0. The lowest BCUT2D eigenvalue weighted by Crippen LogP contribution is -2.72. The Labute approximate surface area is 591 Å². The Morgan fingerprint density at radius 3 is 1.35 bits per heavy atom. The van der Waals surface area contributed by atoms with Gasteiger partial charge in [0.25, 0.3) is 0 Å². The molecular formula is C90H45N9S2Si. The van der Waals surface area contributed by atoms with Crippen LogP contribution in [0, 0.1) is 68.0 Å². The van der Waals surface area contributed by atoms with Gasteiger partial charge in [-0.1, -0.05) is 158 Å². The summed E-state index contributed by atoms with van der Waals surface area (Å²) in [4.78, 5) is 0. The van der Waals surface area contributed by atoms with E-state index in [1.807, 2.05) is 48.5 Å². The van der Waals surface area contributed by atoms with Gasteiger partial charge in [0.1, 0.15) is 24.3 Å². The summed E-state index contributed by atoms with van der Waals surface area (Å²) in [5.41, 5.74) is 16.4. The standard InChI is InChI=1S/C90H45N9S2Si/c91-46-52-23-31-77(59(33-52)50-95)98-79-21-11-9-19-66(79)72-43-90-76(42-82(72)98)75-35-53(27-32-89(75)102(90,62-13-3-1-4-14-62)63-15-5-2-6-16-63)54-25-29-67-74-41-71-65-18-8-12-22-80(65)99(84(71)45-88(74)100-85(67)38-54)81-37-58(49-94)69(36-60(81)51-96)55-26-30-68-73-40-70-64-17-7-10-20-78(64)97(83(70)44-87(73)101-86(68)39-55)61-28-24-56(47-92)57(34-61)48-93/h1-45H. The van der Waals surface area contributed by atoms with Gasteiger partial charge in [0.2, 0.25) is 0 Å². The molecule has 1 aliphatic rings. The summed E-state index contributed by atoms with van der Waals surface area (Å²) in [6, 6.07) is 110. The molecule has 0 atom stereocenters. The fraction of sp³-hybridized carbons (Fsp3) is 0. The first-order valence-corrected chi connectivity index (χ1v) is 36.9. The highest BCUT2D eigenvalue weighted by atomic mass is 32.1. The van der Waals surface area contributed by atoms with Crippen LogP contribution in [0.25, 0.3) is 156 Å². The summed E-state index contributed by atoms with van der Waals surface area (Å²) in [6.45, 7) is 0. The third-order valence-electron chi connectivity index (χ3n) is 21.1. The fourth-order valence-corrected chi connectivity index (χ4v) is 24.2. The summed E-state index contributed by atoms with van der Waals surface area (Å²) in [6.07, 6.45) is 0. The molecule has 466 valence electrons. The maximum atomic E-state index is 11.3. The van der Waals surface area contributed by atoms with Gasteiger partial charge in [0.05, 0.1) is 90.0 Å². The minimum absolute atomic E-state index is 0.322. The normalized spacial score (nSPS) is 12.3. The molecule has 1 aliphatic heterocycles. The summed E-state index contributed by atoms with van der Waals surface area (Å²) >= 11 is 3.42. The van der Waals surface area contributed by atoms with E-state index in [0.717, 1.165) is 139 Å². The van der Waals surface area contributed by atoms with Gasteiger partial charge in [-0.05, 0) is 164 Å². The molecule has 0 saturated heterocycles. The molecule has 0 amide bonds. The maximum Gasteiger partial charge on any atom is 0.180 e. The lowest BCUT2D eigenvalue weighted by molar-refractivity contribution is 1.17. The van der Waals surface area contributed by atoms with Crippen molar-refractivity contribution in [3.8, 4) is 86.9 Å². The number of nitrogens with zero attached hydrogens (tertiary/aromatic N) is 9. The molecule has 0 radical (unpaired) electrons. The molecule has 9 nitrogen and oxygen atoms in total. The van der Waals surface area contributed by atoms with Gasteiger partial charge in [-0.15, -0.1) is 22.7 Å². The zero-order valence-corrected chi connectivity index (χ0v) is 56.5. The van der Waals surface area contributed by atoms with Gasteiger partial charge in [-0.25, -0.2) is 0 Å². The molecule has 102 heavy (non-hydrogen) atoms. The Morgan fingerprint density at radius 1 is 0.255 bits per heavy atom. The average molecular weight is 1340 g/mol. The van der Waals surface area contributed by atoms with Crippen LogP contribution in [-0.2, 0) is 0 Å². The Bertz CT molecular complexity index is 7250. The SMILES string of the molecule is N#Cc1ccc(-n2c3ccccc3c3cc4c(cc32)-c2cc(-c3ccc5c(c3)sc3cc6c(cc35)c3ccccc3n6-c3cc(C#N)c(-c5ccc6c(c5)sc5cc7c(cc56)c5ccccc5n7-c5ccc(C#N)c(C#N)c5)cc3C#N)ccc2[Si]4(c2ccccc2)c2ccccc2)c(C#N)c1. The second-order valence-electron chi connectivity index (χ2n) is 26.1. The molecule has 14 aromatic carbocycles. The predicted octanol–water partition coefficient (Wildman–Crippen LogP) is 19.6. The molecule has 6 heterocycles. The zero-order chi connectivity index (χ0) is 68.2. The molecule has 12 heteroatoms. The van der Waals surface area contributed by atoms with Crippen LogP contribution in [0.5, 0.6) is 0 Å². The molecule has 0 bridgehead atoms. The van der Waals surface area contributed by atoms with E-state index < -0.39 is 8.07 Å². The third kappa shape index (κ3) is 8.17. The van der Waals surface area contributed by atoms with Crippen molar-refractivity contribution < 1.29 is 0 Å². The number of hydrogen-bond donors (Lipinski definition) is 0. The van der Waals surface area contributed by atoms with Gasteiger partial charge in [-0.3, -0.25) is 0 Å². The number of thiophene rings is 2. The van der Waals surface area contributed by atoms with E-state index in [2.05, 4.69) is 250 Å². The van der Waals surface area contributed by atoms with Crippen LogP contribution >= 0.6 is 22.7 Å². The Balaban J connectivity index is 0.711. The molecule has 0 N–H and O–H groups in total. The number of nitriles is 6. The molecule has 0 saturated carbocycles. The van der Waals surface area contributed by atoms with Crippen molar-refractivity contribution in [2.45, 2.75) is 0 Å². The molecule has 0 fully saturated rings. The lowest BCUT2D eigenvalue weighted by Gasteiger charge is -2.31. The van der Waals surface area contributed by atoms with Gasteiger partial charge in [-0.2, -0.15) is 31.6 Å². The van der Waals surface area contributed by atoms with Crippen molar-refractivity contribution in [1.82, 2.24) is 13.7 Å². The number of benzene rings is 14. The van der Waals surface area contributed by atoms with Crippen molar-refractivity contribution in [3.05, 3.63) is 306 Å². The third-order valence-corrected chi connectivity index (χ3v) is 28.2. The number of hydrogen-bond acceptors (Lipinski definition) is 8. The highest BCUT2D eigenvalue weighted by Crippen LogP contribution is 2.47. The van der Waals surface area contributed by atoms with Crippen LogP contribution < -0.4 is 20.7 Å². The van der Waals surface area contributed by atoms with Crippen LogP contribution in [-0.4, -0.2) is 21.8 Å². The van der Waals surface area contributed by atoms with E-state index in [9.17, 15) is 31.6 Å². The summed E-state index contributed by atoms with van der Waals surface area (Å²) in [5.74, 6) is 0. The van der Waals surface area contributed by atoms with Crippen LogP contribution in [0.2, 0.25) is 0 Å². The molecule has 0 spiro atoms. The molecular weight excluding hydrogens is 1300 g/mol. The first-order valence-electron chi connectivity index (χ1n) is 33.3. The van der Waals surface area contributed by atoms with Crippen LogP contribution in [0.15, 0.2) is 273 Å². The van der Waals surface area contributed by atoms with E-state index in [0.29, 0.717) is 44.6 Å². The highest BCUT2D eigenvalue weighted by molar-refractivity contribution is 7.26. The molecule has 5 aromatic heterocycles. The zero-order valence-electron chi connectivity index (χ0n) is 53.8. The van der Waals surface area contributed by atoms with Crippen molar-refractivity contribution >= 4 is 157 Å². The van der Waals surface area contributed by atoms with Crippen LogP contribution in [0.1, 0.15) is 33.4 Å². The van der Waals surface area contributed by atoms with Crippen LogP contribution in [0.3, 0.4) is 0 Å². The van der Waals surface area contributed by atoms with Crippen molar-refractivity contribution in [2.24, 2.45) is 0 Å². The molecule has 19 aromatic rings. The number of fused-ring (bicyclic) bond motifs is 18. The lowest BCUT2D eigenvalue weighted by atomic mass is 9.95. The van der Waals surface area contributed by atoms with Gasteiger partial charge in [0, 0.05) is 83.9 Å². The molecule has 0 unspecified atom stereocenters. The smallest absolute Gasteiger partial charge is 0.180 e. The first kappa shape index (κ1) is 58.2. The average Bonchev–Trinajstić information content (AvgIpc) is 1.53. The Hall–Kier alpha value is -13.9. The minimum Gasteiger partial charge on any atom is -0.309 e. The Morgan fingerprint density at radius 2 is 0.745 bits per heavy atom. The summed E-state index contributed by atoms with van der Waals surface area (Å²) in [7, 11) is -3.00. The highest BCUT2D eigenvalue weighted by Gasteiger charge is 2.49. The van der Waals surface area contributed by atoms with Gasteiger partial charge < -0.3 is 13.7 Å². The fourth-order valence-electron chi connectivity index (χ4n) is 16.7. The number of rotatable bonds is 7. The first-order chi connectivity index (χ1) is 50.3. The van der Waals surface area contributed by atoms with E-state index in [-0.39, 0.29) is 0 Å². The maximum absolute atomic E-state index is 11.3. The number of para-hydroxylation sites is 3. The van der Waals surface area contributed by atoms with Crippen molar-refractivity contribution in [2.75, 3.05) is 0 Å². The summed E-state index contributed by atoms with van der Waals surface area (Å²) in [5, 5.41) is 78.8. The van der Waals surface area contributed by atoms with E-state index in [1.165, 1.54) is 26.3 Å². The monoisotopic (exact) mass is 1340 g/mol. The van der Waals surface area contributed by atoms with Crippen LogP contribution in [0.4, 0.5) is 0 Å². The molecule has 0 aliphatic carbocycles. The van der Waals surface area contributed by atoms with Crippen molar-refractivity contribution in [1.29, 1.82) is 31.6 Å². The molecule has 20 rings (SSSR count). The number of aromatic nitrogens is 3.